The molecule has 0 aliphatic rings. The molecule has 0 aliphatic carbocycles. The molecule has 0 fully saturated rings. The fraction of sp³-hybridized carbons (Fsp3) is 0.417. The molecule has 0 radical (unpaired) electrons. The summed E-state index contributed by atoms with van der Waals surface area (Å²) in [4.78, 5) is 25.4. The molecule has 1 N–H and O–H groups in total. The van der Waals surface area contributed by atoms with Crippen LogP contribution in [0.2, 0.25) is 0 Å². The lowest BCUT2D eigenvalue weighted by Crippen LogP contribution is -2.43. The first kappa shape index (κ1) is 30.2. The Kier molecular flexibility index (Phi) is 11.5. The van der Waals surface area contributed by atoms with Crippen LogP contribution in [-0.2, 0) is 32.1 Å². The number of ether oxygens (including phenoxy) is 3. The van der Waals surface area contributed by atoms with E-state index in [1.54, 1.807) is 30.3 Å². The zero-order valence-electron chi connectivity index (χ0n) is 19.4. The van der Waals surface area contributed by atoms with Crippen LogP contribution in [0.5, 0.6) is 5.75 Å². The Morgan fingerprint density at radius 3 is 2.03 bits per heavy atom. The minimum absolute atomic E-state index is 0. The maximum absolute atomic E-state index is 14.1. The van der Waals surface area contributed by atoms with Crippen molar-refractivity contribution >= 4 is 24.3 Å². The SMILES string of the molecule is CN[C@@H](CC(C)(C)F)C(=O)O[C@@H](Cc1ccc(OC(F)(F)F)cc1)C(=O)OCc1ccccc1.Cl. The summed E-state index contributed by atoms with van der Waals surface area (Å²) in [7, 11) is 1.46. The summed E-state index contributed by atoms with van der Waals surface area (Å²) in [5.74, 6) is -2.13. The highest BCUT2D eigenvalue weighted by atomic mass is 35.5. The Morgan fingerprint density at radius 2 is 1.51 bits per heavy atom. The summed E-state index contributed by atoms with van der Waals surface area (Å²) < 4.78 is 65.7. The lowest BCUT2D eigenvalue weighted by atomic mass is 10.0. The molecular weight excluding hydrogens is 494 g/mol. The van der Waals surface area contributed by atoms with Gasteiger partial charge >= 0.3 is 18.3 Å². The Labute approximate surface area is 207 Å². The summed E-state index contributed by atoms with van der Waals surface area (Å²) in [6.45, 7) is 2.54. The summed E-state index contributed by atoms with van der Waals surface area (Å²) in [6.07, 6.45) is -6.60. The number of alkyl halides is 4. The topological polar surface area (TPSA) is 73.9 Å². The first-order valence-corrected chi connectivity index (χ1v) is 10.5. The molecule has 0 amide bonds. The Morgan fingerprint density at radius 1 is 0.914 bits per heavy atom. The van der Waals surface area contributed by atoms with Gasteiger partial charge in [0.25, 0.3) is 0 Å². The van der Waals surface area contributed by atoms with E-state index < -0.39 is 41.9 Å². The summed E-state index contributed by atoms with van der Waals surface area (Å²) in [5, 5.41) is 2.66. The molecule has 0 spiro atoms. The van der Waals surface area contributed by atoms with Gasteiger partial charge < -0.3 is 19.5 Å². The fourth-order valence-electron chi connectivity index (χ4n) is 3.05. The van der Waals surface area contributed by atoms with Gasteiger partial charge in [0, 0.05) is 12.8 Å². The molecule has 2 aromatic carbocycles. The largest absolute Gasteiger partial charge is 0.573 e. The molecule has 0 heterocycles. The van der Waals surface area contributed by atoms with Gasteiger partial charge in [0.15, 0.2) is 0 Å². The highest BCUT2D eigenvalue weighted by molar-refractivity contribution is 5.85. The van der Waals surface area contributed by atoms with E-state index in [0.717, 1.165) is 12.1 Å². The van der Waals surface area contributed by atoms with Crippen molar-refractivity contribution in [2.75, 3.05) is 7.05 Å². The highest BCUT2D eigenvalue weighted by Gasteiger charge is 2.33. The van der Waals surface area contributed by atoms with Crippen molar-refractivity contribution in [1.82, 2.24) is 5.32 Å². The number of benzene rings is 2. The zero-order valence-corrected chi connectivity index (χ0v) is 20.3. The number of nitrogens with one attached hydrogen (secondary N) is 1. The lowest BCUT2D eigenvalue weighted by Gasteiger charge is -2.24. The number of hydrogen-bond acceptors (Lipinski definition) is 6. The van der Waals surface area contributed by atoms with Crippen molar-refractivity contribution in [1.29, 1.82) is 0 Å². The third-order valence-corrected chi connectivity index (χ3v) is 4.65. The van der Waals surface area contributed by atoms with Crippen LogP contribution < -0.4 is 10.1 Å². The van der Waals surface area contributed by atoms with Crippen molar-refractivity contribution in [2.45, 2.75) is 57.5 Å². The molecule has 0 saturated heterocycles. The van der Waals surface area contributed by atoms with Gasteiger partial charge in [-0.2, -0.15) is 0 Å². The average Bonchev–Trinajstić information content (AvgIpc) is 2.75. The molecule has 35 heavy (non-hydrogen) atoms. The molecule has 0 unspecified atom stereocenters. The molecule has 0 bridgehead atoms. The molecule has 2 atom stereocenters. The van der Waals surface area contributed by atoms with Crippen LogP contribution in [0.15, 0.2) is 54.6 Å². The van der Waals surface area contributed by atoms with Gasteiger partial charge in [-0.05, 0) is 44.2 Å². The highest BCUT2D eigenvalue weighted by Crippen LogP contribution is 2.24. The number of hydrogen-bond donors (Lipinski definition) is 1. The van der Waals surface area contributed by atoms with Gasteiger partial charge in [-0.3, -0.25) is 4.79 Å². The van der Waals surface area contributed by atoms with Gasteiger partial charge in [-0.25, -0.2) is 9.18 Å². The summed E-state index contributed by atoms with van der Waals surface area (Å²) in [5.41, 5.74) is -0.567. The first-order valence-electron chi connectivity index (χ1n) is 10.5. The summed E-state index contributed by atoms with van der Waals surface area (Å²) in [6, 6.07) is 12.6. The van der Waals surface area contributed by atoms with E-state index >= 15 is 0 Å². The van der Waals surface area contributed by atoms with Crippen molar-refractivity contribution in [3.63, 3.8) is 0 Å². The Hall–Kier alpha value is -2.85. The van der Waals surface area contributed by atoms with Crippen LogP contribution in [0.1, 0.15) is 31.4 Å². The molecule has 0 aliphatic heterocycles. The van der Waals surface area contributed by atoms with E-state index in [0.29, 0.717) is 11.1 Å². The average molecular weight is 522 g/mol. The lowest BCUT2D eigenvalue weighted by molar-refractivity contribution is -0.274. The quantitative estimate of drug-likeness (QED) is 0.334. The Bertz CT molecular complexity index is 934. The second kappa shape index (κ2) is 13.3. The number of carbonyl (C=O) groups excluding carboxylic acids is 2. The number of halogens is 5. The van der Waals surface area contributed by atoms with Crippen molar-refractivity contribution in [3.05, 3.63) is 65.7 Å². The van der Waals surface area contributed by atoms with E-state index in [1.807, 2.05) is 0 Å². The predicted octanol–water partition coefficient (Wildman–Crippen LogP) is 4.93. The van der Waals surface area contributed by atoms with Crippen molar-refractivity contribution in [2.24, 2.45) is 0 Å². The maximum Gasteiger partial charge on any atom is 0.573 e. The molecule has 0 saturated carbocycles. The van der Waals surface area contributed by atoms with Crippen LogP contribution in [0.3, 0.4) is 0 Å². The minimum atomic E-state index is -4.84. The molecule has 2 rings (SSSR count). The first-order chi connectivity index (χ1) is 15.9. The van der Waals surface area contributed by atoms with Gasteiger partial charge in [0.1, 0.15) is 24.1 Å². The predicted molar refractivity (Wildman–Crippen MR) is 123 cm³/mol. The van der Waals surface area contributed by atoms with Crippen molar-refractivity contribution in [3.8, 4) is 5.75 Å². The van der Waals surface area contributed by atoms with E-state index in [9.17, 15) is 27.2 Å². The monoisotopic (exact) mass is 521 g/mol. The molecule has 11 heteroatoms. The second-order valence-electron chi connectivity index (χ2n) is 8.18. The molecule has 194 valence electrons. The maximum atomic E-state index is 14.1. The van der Waals surface area contributed by atoms with Crippen LogP contribution in [0, 0.1) is 0 Å². The smallest absolute Gasteiger partial charge is 0.458 e. The van der Waals surface area contributed by atoms with Gasteiger partial charge in [-0.15, -0.1) is 25.6 Å². The number of esters is 2. The third kappa shape index (κ3) is 11.4. The minimum Gasteiger partial charge on any atom is -0.458 e. The zero-order chi connectivity index (χ0) is 25.4. The van der Waals surface area contributed by atoms with Crippen LogP contribution in [0.4, 0.5) is 17.6 Å². The molecular formula is C24H28ClF4NO5. The van der Waals surface area contributed by atoms with Gasteiger partial charge in [0.05, 0.1) is 0 Å². The number of likely N-dealkylation sites (N-methyl/N-ethyl adjacent to an activating group) is 1. The second-order valence-corrected chi connectivity index (χ2v) is 8.18. The standard InChI is InChI=1S/C24H27F4NO5.ClH/c1-23(2,25)14-19(29-3)21(30)33-20(22(31)32-15-17-7-5-4-6-8-17)13-16-9-11-18(12-10-16)34-24(26,27)28;/h4-12,19-20,29H,13-15H2,1-3H3;1H/t19-,20-;/m0./s1. The van der Waals surface area contributed by atoms with E-state index in [2.05, 4.69) is 10.1 Å². The fourth-order valence-corrected chi connectivity index (χ4v) is 3.05. The Balaban J connectivity index is 0.00000612. The van der Waals surface area contributed by atoms with Crippen molar-refractivity contribution < 1.29 is 41.4 Å². The van der Waals surface area contributed by atoms with Crippen LogP contribution in [-0.4, -0.2) is 43.2 Å². The van der Waals surface area contributed by atoms with Crippen LogP contribution in [0.25, 0.3) is 0 Å². The number of rotatable bonds is 11. The van der Waals surface area contributed by atoms with Gasteiger partial charge in [-0.1, -0.05) is 42.5 Å². The summed E-state index contributed by atoms with van der Waals surface area (Å²) >= 11 is 0. The van der Waals surface area contributed by atoms with Gasteiger partial charge in [0.2, 0.25) is 6.10 Å². The molecule has 6 nitrogen and oxygen atoms in total. The van der Waals surface area contributed by atoms with E-state index in [4.69, 9.17) is 9.47 Å². The number of carbonyl (C=O) groups is 2. The van der Waals surface area contributed by atoms with E-state index in [-0.39, 0.29) is 31.9 Å². The molecule has 0 aromatic heterocycles. The van der Waals surface area contributed by atoms with Crippen LogP contribution >= 0.6 is 12.4 Å². The third-order valence-electron chi connectivity index (χ3n) is 4.65. The van der Waals surface area contributed by atoms with E-state index in [1.165, 1.54) is 33.0 Å². The normalized spacial score (nSPS) is 13.2. The molecule has 2 aromatic rings.